The van der Waals surface area contributed by atoms with Gasteiger partial charge in [0.25, 0.3) is 0 Å². The Kier molecular flexibility index (Phi) is 3.36. The van der Waals surface area contributed by atoms with E-state index in [9.17, 15) is 9.59 Å². The van der Waals surface area contributed by atoms with Gasteiger partial charge in [-0.2, -0.15) is 0 Å². The minimum Gasteiger partial charge on any atom is -0.481 e. The van der Waals surface area contributed by atoms with Gasteiger partial charge in [-0.15, -0.1) is 0 Å². The summed E-state index contributed by atoms with van der Waals surface area (Å²) in [6.07, 6.45) is 1.93. The van der Waals surface area contributed by atoms with E-state index in [2.05, 4.69) is 5.32 Å². The van der Waals surface area contributed by atoms with Gasteiger partial charge >= 0.3 is 5.97 Å². The molecule has 5 nitrogen and oxygen atoms in total. The van der Waals surface area contributed by atoms with Crippen LogP contribution in [-0.4, -0.2) is 35.7 Å². The van der Waals surface area contributed by atoms with Crippen molar-refractivity contribution in [3.8, 4) is 0 Å². The Balaban J connectivity index is 1.79. The van der Waals surface area contributed by atoms with E-state index in [1.807, 2.05) is 20.8 Å². The van der Waals surface area contributed by atoms with Crippen LogP contribution in [0.1, 0.15) is 33.6 Å². The van der Waals surface area contributed by atoms with Crippen molar-refractivity contribution in [2.45, 2.75) is 45.8 Å². The quantitative estimate of drug-likeness (QED) is 0.769. The van der Waals surface area contributed by atoms with Gasteiger partial charge in [0.15, 0.2) is 0 Å². The summed E-state index contributed by atoms with van der Waals surface area (Å²) < 4.78 is 5.42. The molecule has 0 radical (unpaired) electrons. The lowest BCUT2D eigenvalue weighted by atomic mass is 9.89. The highest BCUT2D eigenvalue weighted by molar-refractivity contribution is 5.91. The van der Waals surface area contributed by atoms with Crippen LogP contribution in [-0.2, 0) is 14.3 Å². The normalized spacial score (nSPS) is 36.6. The van der Waals surface area contributed by atoms with E-state index in [4.69, 9.17) is 9.84 Å². The molecule has 0 heterocycles. The van der Waals surface area contributed by atoms with Crippen LogP contribution in [0.2, 0.25) is 0 Å². The fourth-order valence-electron chi connectivity index (χ4n) is 2.93. The highest BCUT2D eigenvalue weighted by Gasteiger charge is 2.66. The first-order valence-electron chi connectivity index (χ1n) is 6.52. The number of hydrogen-bond acceptors (Lipinski definition) is 3. The Hall–Kier alpha value is -1.10. The summed E-state index contributed by atoms with van der Waals surface area (Å²) in [6, 6.07) is 0.153. The number of nitrogens with one attached hydrogen (secondary N) is 1. The molecule has 2 unspecified atom stereocenters. The number of rotatable bonds is 5. The predicted octanol–water partition coefficient (Wildman–Crippen LogP) is 1.03. The maximum Gasteiger partial charge on any atom is 0.307 e. The van der Waals surface area contributed by atoms with Crippen LogP contribution in [0.4, 0.5) is 0 Å². The zero-order valence-corrected chi connectivity index (χ0v) is 11.1. The fraction of sp³-hybridized carbons (Fsp3) is 0.846. The van der Waals surface area contributed by atoms with Crippen molar-refractivity contribution >= 4 is 11.9 Å². The summed E-state index contributed by atoms with van der Waals surface area (Å²) in [5.74, 6) is -1.92. The lowest BCUT2D eigenvalue weighted by Crippen LogP contribution is -2.48. The van der Waals surface area contributed by atoms with Crippen molar-refractivity contribution in [3.05, 3.63) is 0 Å². The van der Waals surface area contributed by atoms with Crippen molar-refractivity contribution < 1.29 is 19.4 Å². The first kappa shape index (κ1) is 13.3. The molecule has 2 atom stereocenters. The van der Waals surface area contributed by atoms with Crippen molar-refractivity contribution in [3.63, 3.8) is 0 Å². The fourth-order valence-corrected chi connectivity index (χ4v) is 2.93. The van der Waals surface area contributed by atoms with E-state index in [-0.39, 0.29) is 24.0 Å². The summed E-state index contributed by atoms with van der Waals surface area (Å²) in [7, 11) is 0. The molecule has 0 aliphatic heterocycles. The molecule has 2 N–H and O–H groups in total. The van der Waals surface area contributed by atoms with Gasteiger partial charge in [-0.05, 0) is 25.2 Å². The number of hydrogen-bond donors (Lipinski definition) is 2. The molecule has 0 aromatic heterocycles. The van der Waals surface area contributed by atoms with Gasteiger partial charge in [0, 0.05) is 12.6 Å². The van der Waals surface area contributed by atoms with Crippen LogP contribution >= 0.6 is 0 Å². The summed E-state index contributed by atoms with van der Waals surface area (Å²) in [6.45, 7) is 6.32. The molecule has 2 aliphatic carbocycles. The molecule has 1 amide bonds. The maximum absolute atomic E-state index is 12.0. The van der Waals surface area contributed by atoms with Crippen LogP contribution in [0.5, 0.6) is 0 Å². The number of ether oxygens (including phenoxy) is 1. The average molecular weight is 255 g/mol. The summed E-state index contributed by atoms with van der Waals surface area (Å²) in [5, 5.41) is 12.0. The third-order valence-corrected chi connectivity index (χ3v) is 4.22. The zero-order chi connectivity index (χ0) is 13.5. The molecule has 2 fully saturated rings. The van der Waals surface area contributed by atoms with Crippen LogP contribution in [0, 0.1) is 17.3 Å². The van der Waals surface area contributed by atoms with E-state index in [0.29, 0.717) is 6.61 Å². The van der Waals surface area contributed by atoms with Crippen molar-refractivity contribution in [1.82, 2.24) is 5.32 Å². The molecule has 5 heteroatoms. The average Bonchev–Trinajstić information content (AvgIpc) is 2.78. The van der Waals surface area contributed by atoms with Crippen LogP contribution in [0.25, 0.3) is 0 Å². The van der Waals surface area contributed by atoms with Crippen LogP contribution in [0.3, 0.4) is 0 Å². The second-order valence-corrected chi connectivity index (χ2v) is 5.87. The Labute approximate surface area is 107 Å². The molecule has 0 aromatic carbocycles. The van der Waals surface area contributed by atoms with E-state index in [1.165, 1.54) is 0 Å². The minimum atomic E-state index is -0.874. The Bertz CT molecular complexity index is 360. The van der Waals surface area contributed by atoms with Gasteiger partial charge in [-0.3, -0.25) is 9.59 Å². The topological polar surface area (TPSA) is 75.6 Å². The minimum absolute atomic E-state index is 0.118. The lowest BCUT2D eigenvalue weighted by molar-refractivity contribution is -0.140. The molecule has 18 heavy (non-hydrogen) atoms. The molecule has 2 rings (SSSR count). The number of carboxylic acid groups (broad SMARTS) is 1. The SMILES string of the molecule is CCOC1CC(NC(=O)C2C(C(=O)O)C2(C)C)C1. The van der Waals surface area contributed by atoms with Gasteiger partial charge in [-0.25, -0.2) is 0 Å². The monoisotopic (exact) mass is 255 g/mol. The highest BCUT2D eigenvalue weighted by atomic mass is 16.5. The molecule has 102 valence electrons. The second-order valence-electron chi connectivity index (χ2n) is 5.87. The number of amides is 1. The van der Waals surface area contributed by atoms with Gasteiger partial charge < -0.3 is 15.2 Å². The molecule has 0 aromatic rings. The van der Waals surface area contributed by atoms with E-state index in [1.54, 1.807) is 0 Å². The smallest absolute Gasteiger partial charge is 0.307 e. The molecular formula is C13H21NO4. The summed E-state index contributed by atoms with van der Waals surface area (Å²) >= 11 is 0. The third kappa shape index (κ3) is 2.23. The highest BCUT2D eigenvalue weighted by Crippen LogP contribution is 2.58. The Morgan fingerprint density at radius 3 is 2.39 bits per heavy atom. The van der Waals surface area contributed by atoms with Crippen LogP contribution in [0.15, 0.2) is 0 Å². The lowest BCUT2D eigenvalue weighted by Gasteiger charge is -2.35. The van der Waals surface area contributed by atoms with Gasteiger partial charge in [0.2, 0.25) is 5.91 Å². The van der Waals surface area contributed by atoms with Crippen molar-refractivity contribution in [1.29, 1.82) is 0 Å². The van der Waals surface area contributed by atoms with E-state index in [0.717, 1.165) is 12.8 Å². The van der Waals surface area contributed by atoms with Gasteiger partial charge in [0.1, 0.15) is 0 Å². The Morgan fingerprint density at radius 1 is 1.33 bits per heavy atom. The predicted molar refractivity (Wildman–Crippen MR) is 65.0 cm³/mol. The summed E-state index contributed by atoms with van der Waals surface area (Å²) in [4.78, 5) is 23.0. The van der Waals surface area contributed by atoms with Gasteiger partial charge in [0.05, 0.1) is 17.9 Å². The van der Waals surface area contributed by atoms with Crippen molar-refractivity contribution in [2.24, 2.45) is 17.3 Å². The number of carbonyl (C=O) groups excluding carboxylic acids is 1. The molecule has 0 bridgehead atoms. The first-order valence-corrected chi connectivity index (χ1v) is 6.52. The van der Waals surface area contributed by atoms with Crippen molar-refractivity contribution in [2.75, 3.05) is 6.61 Å². The number of carbonyl (C=O) groups is 2. The first-order chi connectivity index (χ1) is 8.37. The van der Waals surface area contributed by atoms with E-state index >= 15 is 0 Å². The molecule has 2 aliphatic rings. The second kappa shape index (κ2) is 4.53. The van der Waals surface area contributed by atoms with E-state index < -0.39 is 17.3 Å². The molecule has 2 saturated carbocycles. The largest absolute Gasteiger partial charge is 0.481 e. The summed E-state index contributed by atoms with van der Waals surface area (Å²) in [5.41, 5.74) is -0.418. The molecular weight excluding hydrogens is 234 g/mol. The number of aliphatic carboxylic acids is 1. The van der Waals surface area contributed by atoms with Gasteiger partial charge in [-0.1, -0.05) is 13.8 Å². The Morgan fingerprint density at radius 2 is 1.94 bits per heavy atom. The molecule has 0 saturated heterocycles. The standard InChI is InChI=1S/C13H21NO4/c1-4-18-8-5-7(6-8)14-11(15)9-10(12(16)17)13(9,2)3/h7-10H,4-6H2,1-3H3,(H,14,15)(H,16,17). The van der Waals surface area contributed by atoms with Crippen LogP contribution < -0.4 is 5.32 Å². The molecule has 0 spiro atoms. The number of carboxylic acids is 1. The third-order valence-electron chi connectivity index (χ3n) is 4.22. The zero-order valence-electron chi connectivity index (χ0n) is 11.1. The maximum atomic E-state index is 12.0.